The number of benzene rings is 1. The number of amides is 1. The second-order valence-electron chi connectivity index (χ2n) is 5.30. The van der Waals surface area contributed by atoms with Gasteiger partial charge in [-0.05, 0) is 42.3 Å². The van der Waals surface area contributed by atoms with E-state index < -0.39 is 0 Å². The van der Waals surface area contributed by atoms with E-state index in [0.717, 1.165) is 24.5 Å². The van der Waals surface area contributed by atoms with Crippen LogP contribution in [-0.2, 0) is 6.42 Å². The second-order valence-corrected chi connectivity index (χ2v) is 5.30. The minimum atomic E-state index is -0.107. The fourth-order valence-electron chi connectivity index (χ4n) is 2.37. The summed E-state index contributed by atoms with van der Waals surface area (Å²) in [6, 6.07) is 9.49. The SMILES string of the molecule is CN(C)c1ccc(NC(=O)c2ccc3c(c2)CCN3)cn1. The first-order valence-corrected chi connectivity index (χ1v) is 6.95. The van der Waals surface area contributed by atoms with Crippen molar-refractivity contribution in [1.29, 1.82) is 0 Å². The van der Waals surface area contributed by atoms with Gasteiger partial charge in [-0.15, -0.1) is 0 Å². The maximum atomic E-state index is 12.3. The van der Waals surface area contributed by atoms with Gasteiger partial charge < -0.3 is 15.5 Å². The number of fused-ring (bicyclic) bond motifs is 1. The van der Waals surface area contributed by atoms with Gasteiger partial charge in [0.2, 0.25) is 0 Å². The van der Waals surface area contributed by atoms with Gasteiger partial charge in [-0.25, -0.2) is 4.98 Å². The van der Waals surface area contributed by atoms with Gasteiger partial charge in [-0.2, -0.15) is 0 Å². The van der Waals surface area contributed by atoms with Gasteiger partial charge in [-0.1, -0.05) is 0 Å². The minimum absolute atomic E-state index is 0.107. The lowest BCUT2D eigenvalue weighted by molar-refractivity contribution is 0.102. The van der Waals surface area contributed by atoms with Gasteiger partial charge >= 0.3 is 0 Å². The molecular formula is C16H18N4O. The summed E-state index contributed by atoms with van der Waals surface area (Å²) in [6.45, 7) is 0.941. The Bertz CT molecular complexity index is 664. The molecular weight excluding hydrogens is 264 g/mol. The molecule has 1 amide bonds. The average molecular weight is 282 g/mol. The highest BCUT2D eigenvalue weighted by Gasteiger charge is 2.13. The second kappa shape index (κ2) is 5.44. The van der Waals surface area contributed by atoms with Crippen LogP contribution in [0.3, 0.4) is 0 Å². The van der Waals surface area contributed by atoms with Gasteiger partial charge in [0, 0.05) is 31.9 Å². The third kappa shape index (κ3) is 2.81. The monoisotopic (exact) mass is 282 g/mol. The third-order valence-corrected chi connectivity index (χ3v) is 3.54. The first-order chi connectivity index (χ1) is 10.1. The fraction of sp³-hybridized carbons (Fsp3) is 0.250. The van der Waals surface area contributed by atoms with Gasteiger partial charge in [0.05, 0.1) is 11.9 Å². The zero-order valence-electron chi connectivity index (χ0n) is 12.2. The Balaban J connectivity index is 1.74. The van der Waals surface area contributed by atoms with Crippen molar-refractivity contribution in [3.05, 3.63) is 47.7 Å². The number of pyridine rings is 1. The van der Waals surface area contributed by atoms with Crippen LogP contribution in [0.1, 0.15) is 15.9 Å². The summed E-state index contributed by atoms with van der Waals surface area (Å²) in [7, 11) is 3.86. The van der Waals surface area contributed by atoms with E-state index in [-0.39, 0.29) is 5.91 Å². The molecule has 21 heavy (non-hydrogen) atoms. The Labute approximate surface area is 124 Å². The Morgan fingerprint density at radius 3 is 2.86 bits per heavy atom. The molecule has 0 atom stereocenters. The standard InChI is InChI=1S/C16H18N4O/c1-20(2)15-6-4-13(10-18-15)19-16(21)12-3-5-14-11(9-12)7-8-17-14/h3-6,9-10,17H,7-8H2,1-2H3,(H,19,21). The maximum Gasteiger partial charge on any atom is 0.255 e. The quantitative estimate of drug-likeness (QED) is 0.907. The molecule has 1 aliphatic heterocycles. The lowest BCUT2D eigenvalue weighted by Crippen LogP contribution is -2.14. The number of nitrogens with one attached hydrogen (secondary N) is 2. The van der Waals surface area contributed by atoms with E-state index in [0.29, 0.717) is 11.3 Å². The zero-order valence-corrected chi connectivity index (χ0v) is 12.2. The lowest BCUT2D eigenvalue weighted by atomic mass is 10.1. The van der Waals surface area contributed by atoms with Gasteiger partial charge in [-0.3, -0.25) is 4.79 Å². The van der Waals surface area contributed by atoms with Gasteiger partial charge in [0.1, 0.15) is 5.82 Å². The van der Waals surface area contributed by atoms with Crippen LogP contribution in [0.4, 0.5) is 17.2 Å². The molecule has 3 rings (SSSR count). The molecule has 2 heterocycles. The molecule has 0 bridgehead atoms. The summed E-state index contributed by atoms with van der Waals surface area (Å²) < 4.78 is 0. The molecule has 1 aromatic heterocycles. The summed E-state index contributed by atoms with van der Waals surface area (Å²) in [5.74, 6) is 0.751. The molecule has 1 aliphatic rings. The number of carbonyl (C=O) groups excluding carboxylic acids is 1. The number of anilines is 3. The number of rotatable bonds is 3. The highest BCUT2D eigenvalue weighted by molar-refractivity contribution is 6.04. The number of hydrogen-bond acceptors (Lipinski definition) is 4. The van der Waals surface area contributed by atoms with E-state index in [1.54, 1.807) is 6.20 Å². The summed E-state index contributed by atoms with van der Waals surface area (Å²) in [5, 5.41) is 6.16. The van der Waals surface area contributed by atoms with Crippen LogP contribution in [0, 0.1) is 0 Å². The molecule has 2 aromatic rings. The summed E-state index contributed by atoms with van der Waals surface area (Å²) in [4.78, 5) is 18.5. The fourth-order valence-corrected chi connectivity index (χ4v) is 2.37. The molecule has 5 nitrogen and oxygen atoms in total. The molecule has 0 radical (unpaired) electrons. The molecule has 108 valence electrons. The summed E-state index contributed by atoms with van der Waals surface area (Å²) in [5.41, 5.74) is 3.70. The van der Waals surface area contributed by atoms with Crippen molar-refractivity contribution >= 4 is 23.1 Å². The molecule has 0 aliphatic carbocycles. The van der Waals surface area contributed by atoms with E-state index in [1.165, 1.54) is 5.56 Å². The van der Waals surface area contributed by atoms with Crippen molar-refractivity contribution in [3.8, 4) is 0 Å². The Hall–Kier alpha value is -2.56. The summed E-state index contributed by atoms with van der Waals surface area (Å²) >= 11 is 0. The molecule has 5 heteroatoms. The largest absolute Gasteiger partial charge is 0.384 e. The van der Waals surface area contributed by atoms with E-state index in [9.17, 15) is 4.79 Å². The molecule has 0 saturated heterocycles. The predicted octanol–water partition coefficient (Wildman–Crippen LogP) is 2.37. The lowest BCUT2D eigenvalue weighted by Gasteiger charge is -2.12. The Morgan fingerprint density at radius 2 is 2.14 bits per heavy atom. The van der Waals surface area contributed by atoms with E-state index in [1.807, 2.05) is 49.3 Å². The van der Waals surface area contributed by atoms with E-state index in [4.69, 9.17) is 0 Å². The van der Waals surface area contributed by atoms with Crippen LogP contribution in [0.15, 0.2) is 36.5 Å². The van der Waals surface area contributed by atoms with Crippen molar-refractivity contribution in [2.75, 3.05) is 36.2 Å². The van der Waals surface area contributed by atoms with Crippen LogP contribution in [-0.4, -0.2) is 31.5 Å². The van der Waals surface area contributed by atoms with Crippen LogP contribution >= 0.6 is 0 Å². The van der Waals surface area contributed by atoms with E-state index in [2.05, 4.69) is 15.6 Å². The molecule has 0 fully saturated rings. The van der Waals surface area contributed by atoms with Gasteiger partial charge in [0.15, 0.2) is 0 Å². The smallest absolute Gasteiger partial charge is 0.255 e. The number of aromatic nitrogens is 1. The molecule has 0 spiro atoms. The highest BCUT2D eigenvalue weighted by atomic mass is 16.1. The predicted molar refractivity (Wildman–Crippen MR) is 85.2 cm³/mol. The normalized spacial score (nSPS) is 12.5. The average Bonchev–Trinajstić information content (AvgIpc) is 2.95. The van der Waals surface area contributed by atoms with Crippen molar-refractivity contribution in [2.24, 2.45) is 0 Å². The minimum Gasteiger partial charge on any atom is -0.384 e. The van der Waals surface area contributed by atoms with Gasteiger partial charge in [0.25, 0.3) is 5.91 Å². The summed E-state index contributed by atoms with van der Waals surface area (Å²) in [6.07, 6.45) is 2.64. The molecule has 1 aromatic carbocycles. The number of carbonyl (C=O) groups is 1. The molecule has 0 unspecified atom stereocenters. The van der Waals surface area contributed by atoms with Crippen molar-refractivity contribution < 1.29 is 4.79 Å². The number of hydrogen-bond donors (Lipinski definition) is 2. The maximum absolute atomic E-state index is 12.3. The zero-order chi connectivity index (χ0) is 14.8. The van der Waals surface area contributed by atoms with Crippen molar-refractivity contribution in [3.63, 3.8) is 0 Å². The first-order valence-electron chi connectivity index (χ1n) is 6.95. The number of nitrogens with zero attached hydrogens (tertiary/aromatic N) is 2. The van der Waals surface area contributed by atoms with Crippen LogP contribution < -0.4 is 15.5 Å². The Morgan fingerprint density at radius 1 is 1.29 bits per heavy atom. The van der Waals surface area contributed by atoms with Crippen molar-refractivity contribution in [1.82, 2.24) is 4.98 Å². The third-order valence-electron chi connectivity index (χ3n) is 3.54. The molecule has 2 N–H and O–H groups in total. The molecule has 0 saturated carbocycles. The first kappa shape index (κ1) is 13.4. The topological polar surface area (TPSA) is 57.3 Å². The van der Waals surface area contributed by atoms with Crippen LogP contribution in [0.2, 0.25) is 0 Å². The van der Waals surface area contributed by atoms with Crippen LogP contribution in [0.25, 0.3) is 0 Å². The van der Waals surface area contributed by atoms with E-state index >= 15 is 0 Å². The Kier molecular flexibility index (Phi) is 3.48. The highest BCUT2D eigenvalue weighted by Crippen LogP contribution is 2.23. The van der Waals surface area contributed by atoms with Crippen LogP contribution in [0.5, 0.6) is 0 Å². The van der Waals surface area contributed by atoms with Crippen molar-refractivity contribution in [2.45, 2.75) is 6.42 Å².